The van der Waals surface area contributed by atoms with Gasteiger partial charge in [-0.1, -0.05) is 41.9 Å². The molecule has 0 bridgehead atoms. The lowest BCUT2D eigenvalue weighted by atomic mass is 10.1. The van der Waals surface area contributed by atoms with E-state index in [2.05, 4.69) is 5.10 Å². The van der Waals surface area contributed by atoms with Gasteiger partial charge in [-0.15, -0.1) is 0 Å². The van der Waals surface area contributed by atoms with Crippen molar-refractivity contribution < 1.29 is 33.8 Å². The van der Waals surface area contributed by atoms with E-state index in [0.29, 0.717) is 16.3 Å². The summed E-state index contributed by atoms with van der Waals surface area (Å²) in [5, 5.41) is 11.6. The monoisotopic (exact) mass is 458 g/mol. The van der Waals surface area contributed by atoms with Crippen LogP contribution < -0.4 is 0 Å². The minimum Gasteiger partial charge on any atom is -0.367 e. The molecule has 2 aromatic carbocycles. The lowest BCUT2D eigenvalue weighted by Crippen LogP contribution is -2.31. The van der Waals surface area contributed by atoms with Crippen LogP contribution in [-0.2, 0) is 15.6 Å². The lowest BCUT2D eigenvalue weighted by molar-refractivity contribution is 0.131. The molecule has 0 unspecified atom stereocenters. The summed E-state index contributed by atoms with van der Waals surface area (Å²) >= 11 is 5.89. The van der Waals surface area contributed by atoms with Gasteiger partial charge in [-0.25, -0.2) is 4.68 Å². The standard InChI is InChI=1S/C17H17ClN2O7P2/c18-14-8-6-12(7-9-14)16-13(10-17(21,28(22,23)24)29(25,26)27)11-20(19-16)15-4-2-1-3-5-15/h1-9,11,21H,10H2,(H2,22,23,24)(H2,25,26,27). The Hall–Kier alpha value is -1.80. The molecule has 0 spiro atoms. The molecular weight excluding hydrogens is 442 g/mol. The zero-order valence-electron chi connectivity index (χ0n) is 14.7. The number of aliphatic hydroxyl groups is 1. The van der Waals surface area contributed by atoms with Crippen molar-refractivity contribution >= 4 is 26.8 Å². The van der Waals surface area contributed by atoms with Gasteiger partial charge in [-0.2, -0.15) is 5.10 Å². The summed E-state index contributed by atoms with van der Waals surface area (Å²) in [7, 11) is -11.2. The molecule has 0 aliphatic rings. The first-order chi connectivity index (χ1) is 13.4. The van der Waals surface area contributed by atoms with Gasteiger partial charge < -0.3 is 24.7 Å². The Labute approximate surface area is 170 Å². The molecule has 0 saturated heterocycles. The number of aromatic nitrogens is 2. The number of hydrogen-bond acceptors (Lipinski definition) is 4. The van der Waals surface area contributed by atoms with Crippen LogP contribution in [0.1, 0.15) is 5.56 Å². The minimum absolute atomic E-state index is 0.0327. The first-order valence-corrected chi connectivity index (χ1v) is 11.8. The molecule has 9 nitrogen and oxygen atoms in total. The molecule has 0 amide bonds. The Kier molecular flexibility index (Phi) is 5.89. The molecule has 3 aromatic rings. The van der Waals surface area contributed by atoms with Crippen LogP contribution in [0.2, 0.25) is 5.02 Å². The fourth-order valence-electron chi connectivity index (χ4n) is 2.73. The maximum absolute atomic E-state index is 11.8. The first-order valence-electron chi connectivity index (χ1n) is 8.16. The molecular formula is C17H17ClN2O7P2. The van der Waals surface area contributed by atoms with E-state index < -0.39 is 26.7 Å². The van der Waals surface area contributed by atoms with Crippen molar-refractivity contribution in [1.82, 2.24) is 9.78 Å². The largest absolute Gasteiger partial charge is 0.369 e. The van der Waals surface area contributed by atoms with Gasteiger partial charge in [-0.3, -0.25) is 9.13 Å². The molecule has 0 atom stereocenters. The van der Waals surface area contributed by atoms with Gasteiger partial charge in [0.15, 0.2) is 0 Å². The SMILES string of the molecule is O=P(O)(O)C(O)(Cc1cn(-c2ccccc2)nc1-c1ccc(Cl)cc1)P(=O)(O)O. The molecule has 12 heteroatoms. The Bertz CT molecular complexity index is 1080. The summed E-state index contributed by atoms with van der Waals surface area (Å²) in [6.07, 6.45) is 0.335. The van der Waals surface area contributed by atoms with Crippen LogP contribution >= 0.6 is 26.8 Å². The summed E-state index contributed by atoms with van der Waals surface area (Å²) in [6, 6.07) is 15.1. The second-order valence-corrected chi connectivity index (χ2v) is 10.8. The molecule has 154 valence electrons. The average molecular weight is 459 g/mol. The molecule has 3 rings (SSSR count). The molecule has 29 heavy (non-hydrogen) atoms. The second-order valence-electron chi connectivity index (χ2n) is 6.33. The highest BCUT2D eigenvalue weighted by Gasteiger charge is 2.59. The highest BCUT2D eigenvalue weighted by Crippen LogP contribution is 2.68. The Balaban J connectivity index is 2.18. The highest BCUT2D eigenvalue weighted by molar-refractivity contribution is 7.72. The molecule has 0 aliphatic carbocycles. The number of benzene rings is 2. The zero-order chi connectivity index (χ0) is 21.4. The van der Waals surface area contributed by atoms with Gasteiger partial charge in [0.2, 0.25) is 0 Å². The van der Waals surface area contributed by atoms with Crippen molar-refractivity contribution in [1.29, 1.82) is 0 Å². The van der Waals surface area contributed by atoms with Gasteiger partial charge in [0.05, 0.1) is 11.4 Å². The van der Waals surface area contributed by atoms with Crippen LogP contribution in [0.4, 0.5) is 0 Å². The van der Waals surface area contributed by atoms with Crippen molar-refractivity contribution in [2.75, 3.05) is 0 Å². The van der Waals surface area contributed by atoms with Crippen LogP contribution in [0.5, 0.6) is 0 Å². The van der Waals surface area contributed by atoms with E-state index in [1.165, 1.54) is 10.9 Å². The van der Waals surface area contributed by atoms with E-state index in [1.807, 2.05) is 0 Å². The quantitative estimate of drug-likeness (QED) is 0.353. The fourth-order valence-corrected chi connectivity index (χ4v) is 4.97. The minimum atomic E-state index is -5.62. The topological polar surface area (TPSA) is 153 Å². The molecule has 0 fully saturated rings. The third-order valence-electron chi connectivity index (χ3n) is 4.29. The number of para-hydroxylation sites is 1. The van der Waals surface area contributed by atoms with Crippen LogP contribution in [0.15, 0.2) is 60.8 Å². The van der Waals surface area contributed by atoms with E-state index in [9.17, 15) is 33.8 Å². The summed E-state index contributed by atoms with van der Waals surface area (Å²) in [5.41, 5.74) is 1.30. The smallest absolute Gasteiger partial charge is 0.367 e. The van der Waals surface area contributed by atoms with Crippen LogP contribution in [0.3, 0.4) is 0 Å². The van der Waals surface area contributed by atoms with Crippen molar-refractivity contribution in [3.63, 3.8) is 0 Å². The van der Waals surface area contributed by atoms with E-state index in [-0.39, 0.29) is 11.3 Å². The Morgan fingerprint density at radius 2 is 1.48 bits per heavy atom. The molecule has 0 aliphatic heterocycles. The third kappa shape index (κ3) is 4.38. The normalized spacial score (nSPS) is 12.9. The number of hydrogen-bond donors (Lipinski definition) is 5. The van der Waals surface area contributed by atoms with Crippen molar-refractivity contribution in [2.45, 2.75) is 11.5 Å². The van der Waals surface area contributed by atoms with Crippen LogP contribution in [0.25, 0.3) is 16.9 Å². The predicted molar refractivity (Wildman–Crippen MR) is 107 cm³/mol. The molecule has 5 N–H and O–H groups in total. The highest BCUT2D eigenvalue weighted by atomic mass is 35.5. The zero-order valence-corrected chi connectivity index (χ0v) is 17.2. The summed E-state index contributed by atoms with van der Waals surface area (Å²) in [5.74, 6) is 0. The van der Waals surface area contributed by atoms with Crippen molar-refractivity contribution in [3.05, 3.63) is 71.4 Å². The fraction of sp³-hybridized carbons (Fsp3) is 0.118. The van der Waals surface area contributed by atoms with E-state index in [4.69, 9.17) is 11.6 Å². The Morgan fingerprint density at radius 3 is 2.00 bits per heavy atom. The second kappa shape index (κ2) is 7.80. The molecule has 0 radical (unpaired) electrons. The molecule has 1 aromatic heterocycles. The maximum Gasteiger partial charge on any atom is 0.369 e. The van der Waals surface area contributed by atoms with Crippen LogP contribution in [-0.4, -0.2) is 39.5 Å². The number of halogens is 1. The van der Waals surface area contributed by atoms with Gasteiger partial charge in [-0.05, 0) is 24.3 Å². The maximum atomic E-state index is 11.8. The van der Waals surface area contributed by atoms with E-state index in [1.54, 1.807) is 54.6 Å². The Morgan fingerprint density at radius 1 is 0.931 bits per heavy atom. The van der Waals surface area contributed by atoms with Crippen LogP contribution in [0, 0.1) is 0 Å². The van der Waals surface area contributed by atoms with Crippen molar-refractivity contribution in [3.8, 4) is 16.9 Å². The first kappa shape index (κ1) is 21.9. The van der Waals surface area contributed by atoms with Gasteiger partial charge >= 0.3 is 15.2 Å². The van der Waals surface area contributed by atoms with Gasteiger partial charge in [0.1, 0.15) is 0 Å². The number of rotatable bonds is 6. The number of nitrogens with zero attached hydrogens (tertiary/aromatic N) is 2. The third-order valence-corrected chi connectivity index (χ3v) is 8.29. The summed E-state index contributed by atoms with van der Waals surface area (Å²) in [4.78, 5) is 37.9. The van der Waals surface area contributed by atoms with Crippen molar-refractivity contribution in [2.24, 2.45) is 0 Å². The summed E-state index contributed by atoms with van der Waals surface area (Å²) in [6.45, 7) is 0. The van der Waals surface area contributed by atoms with E-state index >= 15 is 0 Å². The van der Waals surface area contributed by atoms with Gasteiger partial charge in [0, 0.05) is 28.8 Å². The van der Waals surface area contributed by atoms with E-state index in [0.717, 1.165) is 0 Å². The molecule has 0 saturated carbocycles. The predicted octanol–water partition coefficient (Wildman–Crippen LogP) is 2.74. The van der Waals surface area contributed by atoms with Gasteiger partial charge in [0.25, 0.3) is 5.08 Å². The lowest BCUT2D eigenvalue weighted by Gasteiger charge is -2.29. The summed E-state index contributed by atoms with van der Waals surface area (Å²) < 4.78 is 25.0. The average Bonchev–Trinajstić information content (AvgIpc) is 3.05. The molecule has 1 heterocycles.